The van der Waals surface area contributed by atoms with Crippen LogP contribution < -0.4 is 0 Å². The zero-order chi connectivity index (χ0) is 16.4. The Balaban J connectivity index is 0.00000182. The first-order chi connectivity index (χ1) is 11.8. The van der Waals surface area contributed by atoms with Gasteiger partial charge in [-0.25, -0.2) is 0 Å². The maximum Gasteiger partial charge on any atom is 0.182 e. The first-order valence-corrected chi connectivity index (χ1v) is 9.50. The number of rotatable bonds is 2. The number of hydrogen-bond acceptors (Lipinski definition) is 4. The molecule has 0 aliphatic carbocycles. The molecule has 2 aromatic carbocycles. The summed E-state index contributed by atoms with van der Waals surface area (Å²) in [7, 11) is 0. The minimum Gasteiger partial charge on any atom is -0.365 e. The van der Waals surface area contributed by atoms with Crippen molar-refractivity contribution >= 4 is 33.9 Å². The molecule has 2 heterocycles. The summed E-state index contributed by atoms with van der Waals surface area (Å²) >= 11 is 1.70. The Hall–Kier alpha value is -1.30. The Labute approximate surface area is 163 Å². The van der Waals surface area contributed by atoms with Crippen LogP contribution in [0.25, 0.3) is 0 Å². The second-order valence-corrected chi connectivity index (χ2v) is 7.45. The van der Waals surface area contributed by atoms with E-state index in [1.165, 1.54) is 6.42 Å². The van der Waals surface area contributed by atoms with Gasteiger partial charge in [-0.3, -0.25) is 4.99 Å². The fourth-order valence-electron chi connectivity index (χ4n) is 3.58. The van der Waals surface area contributed by atoms with Gasteiger partial charge in [0.25, 0.3) is 0 Å². The summed E-state index contributed by atoms with van der Waals surface area (Å²) in [5.41, 5.74) is 1.03. The number of aliphatic imine (C=N–C) groups is 1. The fourth-order valence-corrected chi connectivity index (χ4v) is 5.03. The lowest BCUT2D eigenvalue weighted by Crippen LogP contribution is -2.46. The molecule has 2 aliphatic heterocycles. The topological polar surface area (TPSA) is 35.8 Å². The number of nitrogens with zero attached hydrogens (tertiary/aromatic N) is 2. The summed E-state index contributed by atoms with van der Waals surface area (Å²) in [6.07, 6.45) is 3.40. The van der Waals surface area contributed by atoms with Crippen LogP contribution in [0.3, 0.4) is 0 Å². The Kier molecular flexibility index (Phi) is 5.87. The Morgan fingerprint density at radius 2 is 1.64 bits per heavy atom. The summed E-state index contributed by atoms with van der Waals surface area (Å²) in [5.74, 6) is 0. The van der Waals surface area contributed by atoms with Crippen LogP contribution in [-0.2, 0) is 5.72 Å². The van der Waals surface area contributed by atoms with Crippen LogP contribution in [0, 0.1) is 0 Å². The molecule has 0 spiro atoms. The molecule has 25 heavy (non-hydrogen) atoms. The molecule has 3 nitrogen and oxygen atoms in total. The number of benzene rings is 2. The first kappa shape index (κ1) is 18.5. The van der Waals surface area contributed by atoms with Crippen molar-refractivity contribution in [1.82, 2.24) is 4.90 Å². The second kappa shape index (κ2) is 7.94. The Bertz CT molecular complexity index is 725. The number of amidine groups is 1. The van der Waals surface area contributed by atoms with Crippen LogP contribution >= 0.6 is 28.7 Å². The third-order valence-electron chi connectivity index (χ3n) is 4.82. The van der Waals surface area contributed by atoms with E-state index in [1.54, 1.807) is 11.8 Å². The van der Waals surface area contributed by atoms with E-state index >= 15 is 0 Å². The molecule has 1 N–H and O–H groups in total. The third kappa shape index (κ3) is 3.37. The molecule has 1 fully saturated rings. The van der Waals surface area contributed by atoms with E-state index in [4.69, 9.17) is 4.99 Å². The summed E-state index contributed by atoms with van der Waals surface area (Å²) in [5, 5.41) is 12.8. The summed E-state index contributed by atoms with van der Waals surface area (Å²) < 4.78 is 0. The van der Waals surface area contributed by atoms with E-state index in [1.807, 2.05) is 48.5 Å². The van der Waals surface area contributed by atoms with Gasteiger partial charge in [0.1, 0.15) is 0 Å². The zero-order valence-corrected chi connectivity index (χ0v) is 16.6. The van der Waals surface area contributed by atoms with Gasteiger partial charge >= 0.3 is 0 Å². The van der Waals surface area contributed by atoms with Crippen molar-refractivity contribution < 1.29 is 5.11 Å². The average Bonchev–Trinajstić information content (AvgIpc) is 2.89. The molecule has 1 saturated heterocycles. The second-order valence-electron chi connectivity index (χ2n) is 6.38. The van der Waals surface area contributed by atoms with Gasteiger partial charge in [0.05, 0.1) is 5.25 Å². The van der Waals surface area contributed by atoms with E-state index in [2.05, 4.69) is 17.0 Å². The molecule has 2 aromatic rings. The normalized spacial score (nSPS) is 28.1. The number of fused-ring (bicyclic) bond motifs is 1. The molecule has 2 aliphatic rings. The molecule has 0 aromatic heterocycles. The van der Waals surface area contributed by atoms with Crippen LogP contribution in [0.1, 0.15) is 35.6 Å². The Morgan fingerprint density at radius 1 is 0.960 bits per heavy atom. The highest BCUT2D eigenvalue weighted by Gasteiger charge is 2.53. The monoisotopic (exact) mass is 418 g/mol. The highest BCUT2D eigenvalue weighted by atomic mass is 79.9. The van der Waals surface area contributed by atoms with Crippen molar-refractivity contribution in [2.75, 3.05) is 13.1 Å². The molecule has 4 rings (SSSR count). The first-order valence-electron chi connectivity index (χ1n) is 8.62. The molecule has 2 atom stereocenters. The third-order valence-corrected chi connectivity index (χ3v) is 6.22. The van der Waals surface area contributed by atoms with E-state index in [9.17, 15) is 5.11 Å². The SMILES string of the molecule is Br.OC1(c2ccccc2)C(c2ccccc2)S/C2=N/CCCCCN21. The Morgan fingerprint density at radius 3 is 2.36 bits per heavy atom. The largest absolute Gasteiger partial charge is 0.365 e. The van der Waals surface area contributed by atoms with Crippen molar-refractivity contribution in [2.24, 2.45) is 4.99 Å². The molecular formula is C20H23BrN2OS. The lowest BCUT2D eigenvalue weighted by molar-refractivity contribution is -0.0724. The summed E-state index contributed by atoms with van der Waals surface area (Å²) in [6.45, 7) is 1.70. The van der Waals surface area contributed by atoms with Crippen molar-refractivity contribution in [3.8, 4) is 0 Å². The molecular weight excluding hydrogens is 396 g/mol. The van der Waals surface area contributed by atoms with E-state index in [0.29, 0.717) is 0 Å². The maximum absolute atomic E-state index is 11.9. The van der Waals surface area contributed by atoms with E-state index in [0.717, 1.165) is 42.2 Å². The van der Waals surface area contributed by atoms with Crippen LogP contribution in [0.4, 0.5) is 0 Å². The average molecular weight is 419 g/mol. The van der Waals surface area contributed by atoms with Gasteiger partial charge in [-0.15, -0.1) is 17.0 Å². The summed E-state index contributed by atoms with van der Waals surface area (Å²) in [6, 6.07) is 20.4. The van der Waals surface area contributed by atoms with Gasteiger partial charge in [-0.2, -0.15) is 0 Å². The minimum absolute atomic E-state index is 0. The lowest BCUT2D eigenvalue weighted by Gasteiger charge is -2.38. The predicted octanol–water partition coefficient (Wildman–Crippen LogP) is 4.74. The van der Waals surface area contributed by atoms with Gasteiger partial charge in [-0.05, 0) is 24.8 Å². The summed E-state index contributed by atoms with van der Waals surface area (Å²) in [4.78, 5) is 6.92. The lowest BCUT2D eigenvalue weighted by atomic mass is 9.92. The number of aliphatic hydroxyl groups is 1. The van der Waals surface area contributed by atoms with Gasteiger partial charge in [0, 0.05) is 18.7 Å². The smallest absolute Gasteiger partial charge is 0.182 e. The number of hydrogen-bond donors (Lipinski definition) is 1. The number of halogens is 1. The minimum atomic E-state index is -1.05. The van der Waals surface area contributed by atoms with Crippen molar-refractivity contribution in [3.05, 3.63) is 71.8 Å². The molecule has 0 amide bonds. The van der Waals surface area contributed by atoms with Crippen LogP contribution in [0.5, 0.6) is 0 Å². The van der Waals surface area contributed by atoms with Crippen LogP contribution in [0.15, 0.2) is 65.7 Å². The van der Waals surface area contributed by atoms with Gasteiger partial charge < -0.3 is 10.0 Å². The molecule has 132 valence electrons. The predicted molar refractivity (Wildman–Crippen MR) is 110 cm³/mol. The van der Waals surface area contributed by atoms with E-state index in [-0.39, 0.29) is 22.2 Å². The van der Waals surface area contributed by atoms with Crippen molar-refractivity contribution in [1.29, 1.82) is 0 Å². The molecule has 0 radical (unpaired) electrons. The molecule has 0 bridgehead atoms. The van der Waals surface area contributed by atoms with Crippen LogP contribution in [-0.4, -0.2) is 28.3 Å². The van der Waals surface area contributed by atoms with Gasteiger partial charge in [0.15, 0.2) is 10.9 Å². The highest BCUT2D eigenvalue weighted by Crippen LogP contribution is 2.54. The van der Waals surface area contributed by atoms with Gasteiger partial charge in [0.2, 0.25) is 0 Å². The molecule has 0 saturated carbocycles. The molecule has 5 heteroatoms. The molecule has 2 unspecified atom stereocenters. The van der Waals surface area contributed by atoms with Crippen molar-refractivity contribution in [2.45, 2.75) is 30.2 Å². The standard InChI is InChI=1S/C20H22N2OS.BrH/c23-20(17-12-6-2-7-13-17)18(16-10-4-1-5-11-16)24-19-21-14-8-3-9-15-22(19)20;/h1-2,4-7,10-13,18,23H,3,8-9,14-15H2;1H/b21-19+;. The fraction of sp³-hybridized carbons (Fsp3) is 0.350. The zero-order valence-electron chi connectivity index (χ0n) is 14.0. The van der Waals surface area contributed by atoms with Gasteiger partial charge in [-0.1, -0.05) is 72.4 Å². The van der Waals surface area contributed by atoms with E-state index < -0.39 is 5.72 Å². The highest BCUT2D eigenvalue weighted by molar-refractivity contribution is 8.93. The quantitative estimate of drug-likeness (QED) is 0.764. The maximum atomic E-state index is 11.9. The number of thioether (sulfide) groups is 1. The van der Waals surface area contributed by atoms with Crippen LogP contribution in [0.2, 0.25) is 0 Å². The van der Waals surface area contributed by atoms with Crippen molar-refractivity contribution in [3.63, 3.8) is 0 Å².